The van der Waals surface area contributed by atoms with Crippen molar-refractivity contribution in [2.75, 3.05) is 0 Å². The second-order valence-corrected chi connectivity index (χ2v) is 3.14. The Kier molecular flexibility index (Phi) is 2.21. The van der Waals surface area contributed by atoms with Crippen molar-refractivity contribution in [3.8, 4) is 11.3 Å². The molecule has 0 saturated carbocycles. The molecule has 76 valence electrons. The number of hydrogen-bond acceptors (Lipinski definition) is 4. The Balaban J connectivity index is 2.52. The lowest BCUT2D eigenvalue weighted by Crippen LogP contribution is -1.92. The molecule has 0 unspecified atom stereocenters. The number of aryl methyl sites for hydroxylation is 1. The number of hydrogen-bond donors (Lipinski definition) is 0. The molecule has 5 nitrogen and oxygen atoms in total. The molecule has 0 aliphatic carbocycles. The largest absolute Gasteiger partial charge is 0.364 e. The molecule has 0 radical (unpaired) electrons. The molecule has 1 heterocycles. The first kappa shape index (κ1) is 9.39. The van der Waals surface area contributed by atoms with Crippen molar-refractivity contribution in [1.82, 2.24) is 5.16 Å². The van der Waals surface area contributed by atoms with E-state index < -0.39 is 4.92 Å². The highest BCUT2D eigenvalue weighted by Crippen LogP contribution is 2.25. The Hall–Kier alpha value is -2.17. The predicted octanol–water partition coefficient (Wildman–Crippen LogP) is 2.56. The molecule has 5 heteroatoms. The fraction of sp³-hybridized carbons (Fsp3) is 0.100. The minimum atomic E-state index is -0.404. The first-order valence-corrected chi connectivity index (χ1v) is 4.34. The number of aromatic nitrogens is 1. The van der Waals surface area contributed by atoms with E-state index in [2.05, 4.69) is 9.68 Å². The third-order valence-electron chi connectivity index (χ3n) is 2.14. The van der Waals surface area contributed by atoms with E-state index in [4.69, 9.17) is 0 Å². The van der Waals surface area contributed by atoms with E-state index in [-0.39, 0.29) is 5.69 Å². The Morgan fingerprint density at radius 1 is 1.40 bits per heavy atom. The molecule has 2 rings (SSSR count). The van der Waals surface area contributed by atoms with Crippen molar-refractivity contribution in [2.45, 2.75) is 6.92 Å². The van der Waals surface area contributed by atoms with Crippen molar-refractivity contribution in [3.63, 3.8) is 0 Å². The van der Waals surface area contributed by atoms with Crippen molar-refractivity contribution < 1.29 is 9.45 Å². The van der Waals surface area contributed by atoms with Gasteiger partial charge >= 0.3 is 0 Å². The Morgan fingerprint density at radius 3 is 2.80 bits per heavy atom. The summed E-state index contributed by atoms with van der Waals surface area (Å²) in [6, 6.07) is 6.63. The number of nitro benzene ring substituents is 1. The first-order valence-electron chi connectivity index (χ1n) is 4.34. The zero-order valence-electron chi connectivity index (χ0n) is 8.01. The van der Waals surface area contributed by atoms with Gasteiger partial charge in [-0.15, -0.1) is 0 Å². The van der Waals surface area contributed by atoms with Gasteiger partial charge in [0.2, 0.25) is 0 Å². The summed E-state index contributed by atoms with van der Waals surface area (Å²) in [5.41, 5.74) is 2.00. The number of nitro groups is 1. The van der Waals surface area contributed by atoms with Crippen LogP contribution >= 0.6 is 0 Å². The fourth-order valence-electron chi connectivity index (χ4n) is 1.33. The molecule has 1 aromatic heterocycles. The van der Waals surface area contributed by atoms with Gasteiger partial charge in [-0.25, -0.2) is 0 Å². The molecule has 0 bridgehead atoms. The van der Waals surface area contributed by atoms with Crippen LogP contribution in [-0.2, 0) is 0 Å². The van der Waals surface area contributed by atoms with Crippen molar-refractivity contribution >= 4 is 5.69 Å². The van der Waals surface area contributed by atoms with Gasteiger partial charge in [-0.2, -0.15) is 0 Å². The fourth-order valence-corrected chi connectivity index (χ4v) is 1.33. The minimum absolute atomic E-state index is 0.0931. The van der Waals surface area contributed by atoms with E-state index in [0.29, 0.717) is 16.8 Å². The molecule has 0 saturated heterocycles. The van der Waals surface area contributed by atoms with Crippen LogP contribution in [0.5, 0.6) is 0 Å². The molecule has 0 aliphatic rings. The number of rotatable bonds is 2. The van der Waals surface area contributed by atoms with Gasteiger partial charge in [-0.3, -0.25) is 10.1 Å². The lowest BCUT2D eigenvalue weighted by molar-refractivity contribution is -0.385. The molecule has 0 spiro atoms. The molecule has 0 aliphatic heterocycles. The summed E-state index contributed by atoms with van der Waals surface area (Å²) in [5.74, 6) is 0. The third kappa shape index (κ3) is 1.71. The maximum absolute atomic E-state index is 10.7. The number of nitrogens with zero attached hydrogens (tertiary/aromatic N) is 2. The standard InChI is InChI=1S/C10H8N2O3/c1-7-2-3-8(6-10(7)12(13)14)9-4-5-15-11-9/h2-6H,1H3. The highest BCUT2D eigenvalue weighted by atomic mass is 16.6. The quantitative estimate of drug-likeness (QED) is 0.556. The van der Waals surface area contributed by atoms with E-state index in [0.717, 1.165) is 0 Å². The second kappa shape index (κ2) is 3.53. The van der Waals surface area contributed by atoms with E-state index in [1.165, 1.54) is 12.3 Å². The van der Waals surface area contributed by atoms with Gasteiger partial charge in [0.15, 0.2) is 0 Å². The Bertz CT molecular complexity index is 491. The van der Waals surface area contributed by atoms with Gasteiger partial charge in [0.25, 0.3) is 5.69 Å². The molecule has 0 atom stereocenters. The summed E-state index contributed by atoms with van der Waals surface area (Å²) in [4.78, 5) is 10.3. The maximum atomic E-state index is 10.7. The third-order valence-corrected chi connectivity index (χ3v) is 2.14. The lowest BCUT2D eigenvalue weighted by atomic mass is 10.1. The van der Waals surface area contributed by atoms with Crippen molar-refractivity contribution in [3.05, 3.63) is 46.2 Å². The van der Waals surface area contributed by atoms with Crippen LogP contribution in [0.3, 0.4) is 0 Å². The summed E-state index contributed by atoms with van der Waals surface area (Å²) in [6.07, 6.45) is 1.43. The monoisotopic (exact) mass is 204 g/mol. The molecule has 0 amide bonds. The zero-order chi connectivity index (χ0) is 10.8. The van der Waals surface area contributed by atoms with Crippen molar-refractivity contribution in [1.29, 1.82) is 0 Å². The van der Waals surface area contributed by atoms with Gasteiger partial charge in [-0.05, 0) is 6.92 Å². The highest BCUT2D eigenvalue weighted by Gasteiger charge is 2.12. The van der Waals surface area contributed by atoms with Crippen molar-refractivity contribution in [2.24, 2.45) is 0 Å². The van der Waals surface area contributed by atoms with Gasteiger partial charge in [0.05, 0.1) is 4.92 Å². The molecule has 15 heavy (non-hydrogen) atoms. The molecular weight excluding hydrogens is 196 g/mol. The predicted molar refractivity (Wildman–Crippen MR) is 53.3 cm³/mol. The van der Waals surface area contributed by atoms with Gasteiger partial charge in [-0.1, -0.05) is 17.3 Å². The summed E-state index contributed by atoms with van der Waals surface area (Å²) in [7, 11) is 0. The molecule has 0 fully saturated rings. The zero-order valence-corrected chi connectivity index (χ0v) is 8.01. The van der Waals surface area contributed by atoms with Crippen LogP contribution in [0.4, 0.5) is 5.69 Å². The van der Waals surface area contributed by atoms with Gasteiger partial charge in [0.1, 0.15) is 12.0 Å². The van der Waals surface area contributed by atoms with Crippen LogP contribution in [0, 0.1) is 17.0 Å². The van der Waals surface area contributed by atoms with Crippen LogP contribution in [0.2, 0.25) is 0 Å². The van der Waals surface area contributed by atoms with E-state index in [9.17, 15) is 10.1 Å². The van der Waals surface area contributed by atoms with E-state index in [1.54, 1.807) is 25.1 Å². The normalized spacial score (nSPS) is 10.2. The summed E-state index contributed by atoms with van der Waals surface area (Å²) < 4.78 is 4.68. The molecular formula is C10H8N2O3. The van der Waals surface area contributed by atoms with E-state index in [1.807, 2.05) is 0 Å². The summed E-state index contributed by atoms with van der Waals surface area (Å²) in [6.45, 7) is 1.70. The highest BCUT2D eigenvalue weighted by molar-refractivity contribution is 5.63. The summed E-state index contributed by atoms with van der Waals surface area (Å²) >= 11 is 0. The topological polar surface area (TPSA) is 69.2 Å². The molecule has 1 aromatic carbocycles. The number of benzene rings is 1. The van der Waals surface area contributed by atoms with Crippen LogP contribution < -0.4 is 0 Å². The molecule has 2 aromatic rings. The maximum Gasteiger partial charge on any atom is 0.272 e. The average molecular weight is 204 g/mol. The van der Waals surface area contributed by atoms with Crippen LogP contribution in [-0.4, -0.2) is 10.1 Å². The van der Waals surface area contributed by atoms with Crippen LogP contribution in [0.15, 0.2) is 35.1 Å². The van der Waals surface area contributed by atoms with E-state index >= 15 is 0 Å². The SMILES string of the molecule is Cc1ccc(-c2ccon2)cc1[N+](=O)[O-]. The van der Waals surface area contributed by atoms with Gasteiger partial charge < -0.3 is 4.52 Å². The second-order valence-electron chi connectivity index (χ2n) is 3.14. The Labute approximate surface area is 85.5 Å². The summed E-state index contributed by atoms with van der Waals surface area (Å²) in [5, 5.41) is 14.4. The molecule has 0 N–H and O–H groups in total. The van der Waals surface area contributed by atoms with Gasteiger partial charge in [0, 0.05) is 23.3 Å². The Morgan fingerprint density at radius 2 is 2.20 bits per heavy atom. The van der Waals surface area contributed by atoms with Crippen LogP contribution in [0.1, 0.15) is 5.56 Å². The van der Waals surface area contributed by atoms with Crippen LogP contribution in [0.25, 0.3) is 11.3 Å². The smallest absolute Gasteiger partial charge is 0.272 e. The lowest BCUT2D eigenvalue weighted by Gasteiger charge is -1.99. The minimum Gasteiger partial charge on any atom is -0.364 e. The average Bonchev–Trinajstić information content (AvgIpc) is 2.71. The first-order chi connectivity index (χ1) is 7.18.